The predicted molar refractivity (Wildman–Crippen MR) is 271 cm³/mol. The first-order valence-electron chi connectivity index (χ1n) is 23.2. The average Bonchev–Trinajstić information content (AvgIpc) is 3.62. The fourth-order valence-electron chi connectivity index (χ4n) is 11.8. The highest BCUT2D eigenvalue weighted by Crippen LogP contribution is 2.61. The van der Waals surface area contributed by atoms with Crippen molar-refractivity contribution in [3.05, 3.63) is 172 Å². The van der Waals surface area contributed by atoms with Crippen LogP contribution in [0.25, 0.3) is 33.4 Å². The van der Waals surface area contributed by atoms with Crippen LogP contribution >= 0.6 is 0 Å². The largest absolute Gasteiger partial charge is 0.376 e. The first kappa shape index (κ1) is 40.0. The Morgan fingerprint density at radius 1 is 0.429 bits per heavy atom. The van der Waals surface area contributed by atoms with Crippen LogP contribution in [0.2, 0.25) is 0 Å². The van der Waals surface area contributed by atoms with E-state index >= 15 is 0 Å². The second-order valence-electron chi connectivity index (χ2n) is 23.1. The summed E-state index contributed by atoms with van der Waals surface area (Å²) in [5.74, 6) is 0. The van der Waals surface area contributed by atoms with Gasteiger partial charge >= 0.3 is 6.85 Å². The van der Waals surface area contributed by atoms with E-state index in [-0.39, 0.29) is 33.9 Å². The summed E-state index contributed by atoms with van der Waals surface area (Å²) in [7, 11) is 0. The number of hydrogen-bond acceptors (Lipinski definition) is 2. The lowest BCUT2D eigenvalue weighted by molar-refractivity contribution is 0.590. The number of fused-ring (bicyclic) bond motifs is 12. The zero-order chi connectivity index (χ0) is 44.3. The van der Waals surface area contributed by atoms with Gasteiger partial charge in [0.05, 0.1) is 0 Å². The Labute approximate surface area is 377 Å². The van der Waals surface area contributed by atoms with Crippen molar-refractivity contribution in [2.75, 3.05) is 9.71 Å². The van der Waals surface area contributed by atoms with E-state index in [4.69, 9.17) is 0 Å². The van der Waals surface area contributed by atoms with Gasteiger partial charge in [0, 0.05) is 44.8 Å². The average molecular weight is 821 g/mol. The molecule has 2 heterocycles. The van der Waals surface area contributed by atoms with Gasteiger partial charge in [-0.2, -0.15) is 0 Å². The van der Waals surface area contributed by atoms with Crippen LogP contribution in [0.4, 0.5) is 28.4 Å². The van der Waals surface area contributed by atoms with Gasteiger partial charge in [-0.25, -0.2) is 0 Å². The van der Waals surface area contributed by atoms with Gasteiger partial charge in [0.15, 0.2) is 0 Å². The molecule has 0 bridgehead atoms. The zero-order valence-corrected chi connectivity index (χ0v) is 39.7. The number of anilines is 5. The van der Waals surface area contributed by atoms with Crippen LogP contribution in [0.3, 0.4) is 0 Å². The van der Waals surface area contributed by atoms with Crippen LogP contribution in [-0.2, 0) is 27.1 Å². The number of nitrogens with zero attached hydrogens (tertiary/aromatic N) is 2. The smallest absolute Gasteiger partial charge is 0.333 e. The molecule has 2 aliphatic heterocycles. The Bertz CT molecular complexity index is 3050. The molecule has 0 unspecified atom stereocenters. The molecule has 0 fully saturated rings. The van der Waals surface area contributed by atoms with Gasteiger partial charge in [-0.15, -0.1) is 0 Å². The highest BCUT2D eigenvalue weighted by molar-refractivity contribution is 6.94. The molecule has 11 rings (SSSR count). The van der Waals surface area contributed by atoms with E-state index in [1.165, 1.54) is 112 Å². The first-order valence-corrected chi connectivity index (χ1v) is 23.2. The summed E-state index contributed by atoms with van der Waals surface area (Å²) in [4.78, 5) is 5.39. The molecule has 63 heavy (non-hydrogen) atoms. The maximum atomic E-state index is 2.78. The standard InChI is InChI=1S/C60H61BN2/c1-56(2,3)36-22-27-39(28-23-36)62-49-33-26-38(58(7,8)9)34-48(49)61-54-50(62)35-47-51(43-19-15-17-21-46(43)59(47,10)11)52(54)44-32-31-42-41-18-14-16-20-45(41)60(12,13)53(42)55(44)63(61)40-29-24-37(25-30-40)57(4,5)6/h14-35H,1-13H3. The van der Waals surface area contributed by atoms with Gasteiger partial charge < -0.3 is 9.71 Å². The van der Waals surface area contributed by atoms with E-state index in [1.54, 1.807) is 0 Å². The zero-order valence-electron chi connectivity index (χ0n) is 39.7. The molecule has 0 saturated carbocycles. The summed E-state index contributed by atoms with van der Waals surface area (Å²) in [5.41, 5.74) is 26.5. The minimum atomic E-state index is -0.234. The van der Waals surface area contributed by atoms with Crippen molar-refractivity contribution in [3.8, 4) is 33.4 Å². The number of benzene rings is 7. The van der Waals surface area contributed by atoms with Crippen molar-refractivity contribution < 1.29 is 0 Å². The first-order chi connectivity index (χ1) is 29.7. The Hall–Kier alpha value is -5.80. The molecule has 4 aliphatic rings. The molecule has 0 atom stereocenters. The van der Waals surface area contributed by atoms with Crippen LogP contribution in [0.5, 0.6) is 0 Å². The molecule has 7 aromatic carbocycles. The lowest BCUT2D eigenvalue weighted by atomic mass is 9.42. The Kier molecular flexibility index (Phi) is 8.20. The highest BCUT2D eigenvalue weighted by Gasteiger charge is 2.52. The van der Waals surface area contributed by atoms with Crippen LogP contribution < -0.4 is 20.6 Å². The third-order valence-electron chi connectivity index (χ3n) is 15.3. The maximum Gasteiger partial charge on any atom is 0.333 e. The quantitative estimate of drug-likeness (QED) is 0.160. The Morgan fingerprint density at radius 3 is 1.56 bits per heavy atom. The van der Waals surface area contributed by atoms with E-state index < -0.39 is 0 Å². The van der Waals surface area contributed by atoms with Crippen molar-refractivity contribution in [1.29, 1.82) is 0 Å². The van der Waals surface area contributed by atoms with Crippen molar-refractivity contribution in [2.45, 2.75) is 117 Å². The molecule has 0 N–H and O–H groups in total. The summed E-state index contributed by atoms with van der Waals surface area (Å²) in [6.45, 7) is 30.7. The molecule has 0 radical (unpaired) electrons. The summed E-state index contributed by atoms with van der Waals surface area (Å²) >= 11 is 0. The second kappa shape index (κ2) is 12.9. The van der Waals surface area contributed by atoms with Crippen LogP contribution in [0.1, 0.15) is 129 Å². The van der Waals surface area contributed by atoms with E-state index in [1.807, 2.05) is 0 Å². The van der Waals surface area contributed by atoms with Crippen molar-refractivity contribution in [2.24, 2.45) is 0 Å². The van der Waals surface area contributed by atoms with Gasteiger partial charge in [0.2, 0.25) is 0 Å². The van der Waals surface area contributed by atoms with Crippen molar-refractivity contribution >= 4 is 46.2 Å². The molecule has 2 nitrogen and oxygen atoms in total. The number of hydrogen-bond donors (Lipinski definition) is 0. The Balaban J connectivity index is 1.33. The molecule has 314 valence electrons. The summed E-state index contributed by atoms with van der Waals surface area (Å²) in [6.07, 6.45) is 0. The summed E-state index contributed by atoms with van der Waals surface area (Å²) < 4.78 is 0. The molecule has 2 aliphatic carbocycles. The number of rotatable bonds is 2. The monoisotopic (exact) mass is 820 g/mol. The minimum Gasteiger partial charge on any atom is -0.376 e. The molecule has 0 aromatic heterocycles. The molecule has 3 heteroatoms. The molecule has 0 saturated heterocycles. The molecule has 7 aromatic rings. The third-order valence-corrected chi connectivity index (χ3v) is 15.3. The Morgan fingerprint density at radius 2 is 0.952 bits per heavy atom. The fourth-order valence-corrected chi connectivity index (χ4v) is 11.8. The fraction of sp³-hybridized carbons (Fsp3) is 0.300. The minimum absolute atomic E-state index is 0.0336. The van der Waals surface area contributed by atoms with Gasteiger partial charge in [-0.1, -0.05) is 187 Å². The lowest BCUT2D eigenvalue weighted by Crippen LogP contribution is -2.62. The summed E-state index contributed by atoms with van der Waals surface area (Å²) in [5, 5.41) is 0. The third kappa shape index (κ3) is 5.57. The second-order valence-corrected chi connectivity index (χ2v) is 23.1. The van der Waals surface area contributed by atoms with Crippen LogP contribution in [-0.4, -0.2) is 6.85 Å². The van der Waals surface area contributed by atoms with Gasteiger partial charge in [-0.3, -0.25) is 0 Å². The normalized spacial score (nSPS) is 16.2. The highest BCUT2D eigenvalue weighted by atomic mass is 15.2. The molecular formula is C60H61BN2. The van der Waals surface area contributed by atoms with Crippen LogP contribution in [0.15, 0.2) is 133 Å². The molecule has 0 amide bonds. The van der Waals surface area contributed by atoms with Crippen LogP contribution in [0, 0.1) is 0 Å². The molecular weight excluding hydrogens is 759 g/mol. The van der Waals surface area contributed by atoms with Crippen molar-refractivity contribution in [3.63, 3.8) is 0 Å². The van der Waals surface area contributed by atoms with E-state index in [9.17, 15) is 0 Å². The van der Waals surface area contributed by atoms with E-state index in [0.717, 1.165) is 0 Å². The SMILES string of the molecule is CC(C)(C)c1ccc(N2B3c4cc(C(C)(C)C)ccc4N(c4ccc(C(C)(C)C)cc4)c4cc5c(c(c43)-c3ccc4c(c32)C(C)(C)c2ccccc2-4)-c2ccccc2C5(C)C)cc1. The van der Waals surface area contributed by atoms with Gasteiger partial charge in [0.1, 0.15) is 0 Å². The topological polar surface area (TPSA) is 6.48 Å². The molecule has 0 spiro atoms. The lowest BCUT2D eigenvalue weighted by Gasteiger charge is -2.48. The van der Waals surface area contributed by atoms with E-state index in [0.29, 0.717) is 0 Å². The van der Waals surface area contributed by atoms with Crippen molar-refractivity contribution in [1.82, 2.24) is 0 Å². The predicted octanol–water partition coefficient (Wildman–Crippen LogP) is 14.9. The van der Waals surface area contributed by atoms with Gasteiger partial charge in [0.25, 0.3) is 0 Å². The van der Waals surface area contributed by atoms with E-state index in [2.05, 4.69) is 233 Å². The van der Waals surface area contributed by atoms with Gasteiger partial charge in [-0.05, 0) is 130 Å². The maximum absolute atomic E-state index is 2.78. The summed E-state index contributed by atoms with van der Waals surface area (Å²) in [6, 6.07) is 52.4.